The van der Waals surface area contributed by atoms with Gasteiger partial charge in [-0.15, -0.1) is 5.10 Å². The van der Waals surface area contributed by atoms with E-state index in [4.69, 9.17) is 16.3 Å². The molecule has 5 rings (SSSR count). The van der Waals surface area contributed by atoms with E-state index in [1.165, 1.54) is 0 Å². The van der Waals surface area contributed by atoms with Gasteiger partial charge in [0.2, 0.25) is 11.8 Å². The standard InChI is InChI=1S/C30H35ClN6O2/c1-20(2)32-14-13-24(22-9-11-23(31)12-10-22)30(38)37-17-15-36(16-18-37)27-25(21-7-5-4-6-8-21)19-33-28-26(27)29(39-3)35-34-28/h4-12,19-20,24,32H,13-18H2,1-3H3,(H,33,34,35)/t24-/m1/s1. The lowest BCUT2D eigenvalue weighted by Gasteiger charge is -2.38. The van der Waals surface area contributed by atoms with Gasteiger partial charge in [-0.25, -0.2) is 4.98 Å². The first-order valence-electron chi connectivity index (χ1n) is 13.4. The smallest absolute Gasteiger partial charge is 0.244 e. The Balaban J connectivity index is 1.40. The molecular formula is C30H35ClN6O2. The lowest BCUT2D eigenvalue weighted by Crippen LogP contribution is -2.50. The van der Waals surface area contributed by atoms with E-state index >= 15 is 0 Å². The van der Waals surface area contributed by atoms with Crippen molar-refractivity contribution < 1.29 is 9.53 Å². The highest BCUT2D eigenvalue weighted by molar-refractivity contribution is 6.30. The molecule has 1 saturated heterocycles. The van der Waals surface area contributed by atoms with Crippen molar-refractivity contribution in [1.82, 2.24) is 25.4 Å². The molecule has 39 heavy (non-hydrogen) atoms. The molecule has 8 nitrogen and oxygen atoms in total. The maximum atomic E-state index is 13.9. The zero-order valence-corrected chi connectivity index (χ0v) is 23.4. The number of nitrogens with zero attached hydrogens (tertiary/aromatic N) is 4. The van der Waals surface area contributed by atoms with E-state index in [-0.39, 0.29) is 11.8 Å². The van der Waals surface area contributed by atoms with Crippen molar-refractivity contribution >= 4 is 34.2 Å². The van der Waals surface area contributed by atoms with Crippen LogP contribution in [-0.4, -0.2) is 71.9 Å². The van der Waals surface area contributed by atoms with Crippen LogP contribution in [0.3, 0.4) is 0 Å². The van der Waals surface area contributed by atoms with E-state index in [1.807, 2.05) is 53.6 Å². The maximum Gasteiger partial charge on any atom is 0.244 e. The van der Waals surface area contributed by atoms with Crippen LogP contribution in [0.2, 0.25) is 5.02 Å². The Labute approximate surface area is 234 Å². The van der Waals surface area contributed by atoms with Crippen LogP contribution in [0.5, 0.6) is 5.88 Å². The van der Waals surface area contributed by atoms with Crippen LogP contribution in [0, 0.1) is 0 Å². The number of carbonyl (C=O) groups excluding carboxylic acids is 1. The Bertz CT molecular complexity index is 1400. The van der Waals surface area contributed by atoms with E-state index in [9.17, 15) is 4.79 Å². The fourth-order valence-electron chi connectivity index (χ4n) is 5.27. The first-order chi connectivity index (χ1) is 19.0. The van der Waals surface area contributed by atoms with Gasteiger partial charge in [-0.05, 0) is 36.2 Å². The van der Waals surface area contributed by atoms with Crippen LogP contribution in [0.4, 0.5) is 5.69 Å². The number of anilines is 1. The van der Waals surface area contributed by atoms with E-state index in [0.29, 0.717) is 48.8 Å². The number of benzene rings is 2. The second-order valence-corrected chi connectivity index (χ2v) is 10.6. The van der Waals surface area contributed by atoms with E-state index in [2.05, 4.69) is 51.4 Å². The van der Waals surface area contributed by atoms with Gasteiger partial charge in [0.15, 0.2) is 5.65 Å². The molecule has 1 fully saturated rings. The van der Waals surface area contributed by atoms with Crippen molar-refractivity contribution in [2.24, 2.45) is 0 Å². The number of pyridine rings is 1. The average Bonchev–Trinajstić information content (AvgIpc) is 3.39. The molecule has 204 valence electrons. The number of fused-ring (bicyclic) bond motifs is 1. The monoisotopic (exact) mass is 546 g/mol. The van der Waals surface area contributed by atoms with Gasteiger partial charge in [-0.1, -0.05) is 67.9 Å². The van der Waals surface area contributed by atoms with Gasteiger partial charge in [0.25, 0.3) is 0 Å². The quantitative estimate of drug-likeness (QED) is 0.303. The van der Waals surface area contributed by atoms with Gasteiger partial charge in [-0.2, -0.15) is 0 Å². The summed E-state index contributed by atoms with van der Waals surface area (Å²) in [5.74, 6) is 0.456. The molecule has 2 aromatic carbocycles. The molecule has 1 amide bonds. The Kier molecular flexibility index (Phi) is 8.33. The molecule has 0 unspecified atom stereocenters. The molecule has 1 aliphatic heterocycles. The van der Waals surface area contributed by atoms with Gasteiger partial charge in [0, 0.05) is 49.0 Å². The molecule has 0 saturated carbocycles. The predicted molar refractivity (Wildman–Crippen MR) is 157 cm³/mol. The molecule has 0 spiro atoms. The number of piperazine rings is 1. The zero-order valence-electron chi connectivity index (χ0n) is 22.7. The number of ether oxygens (including phenoxy) is 1. The van der Waals surface area contributed by atoms with E-state index in [1.54, 1.807) is 7.11 Å². The maximum absolute atomic E-state index is 13.9. The summed E-state index contributed by atoms with van der Waals surface area (Å²) < 4.78 is 5.60. The molecule has 1 aliphatic rings. The average molecular weight is 547 g/mol. The second kappa shape index (κ2) is 12.1. The van der Waals surface area contributed by atoms with Gasteiger partial charge < -0.3 is 19.9 Å². The topological polar surface area (TPSA) is 86.4 Å². The van der Waals surface area contributed by atoms with Gasteiger partial charge in [-0.3, -0.25) is 9.89 Å². The number of amides is 1. The predicted octanol–water partition coefficient (Wildman–Crippen LogP) is 5.11. The lowest BCUT2D eigenvalue weighted by atomic mass is 9.93. The molecule has 9 heteroatoms. The van der Waals surface area contributed by atoms with E-state index < -0.39 is 0 Å². The van der Waals surface area contributed by atoms with Crippen molar-refractivity contribution in [3.63, 3.8) is 0 Å². The minimum Gasteiger partial charge on any atom is -0.479 e. The molecule has 2 N–H and O–H groups in total. The fourth-order valence-corrected chi connectivity index (χ4v) is 5.39. The summed E-state index contributed by atoms with van der Waals surface area (Å²) >= 11 is 6.14. The Hall–Kier alpha value is -3.62. The number of H-pyrrole nitrogens is 1. The SMILES string of the molecule is COc1n[nH]c2ncc(-c3ccccc3)c(N3CCN(C(=O)[C@H](CCNC(C)C)c4ccc(Cl)cc4)CC3)c12. The Morgan fingerprint density at radius 1 is 1.08 bits per heavy atom. The summed E-state index contributed by atoms with van der Waals surface area (Å²) in [6.07, 6.45) is 2.62. The highest BCUT2D eigenvalue weighted by Gasteiger charge is 2.31. The zero-order chi connectivity index (χ0) is 27.4. The molecule has 4 aromatic rings. The van der Waals surface area contributed by atoms with Crippen LogP contribution in [0.15, 0.2) is 60.8 Å². The number of nitrogens with one attached hydrogen (secondary N) is 2. The normalized spacial score (nSPS) is 14.7. The number of hydrogen-bond acceptors (Lipinski definition) is 6. The summed E-state index contributed by atoms with van der Waals surface area (Å²) in [4.78, 5) is 22.8. The minimum atomic E-state index is -0.221. The second-order valence-electron chi connectivity index (χ2n) is 10.2. The Morgan fingerprint density at radius 2 is 1.79 bits per heavy atom. The van der Waals surface area contributed by atoms with Crippen LogP contribution in [0.25, 0.3) is 22.2 Å². The number of hydrogen-bond donors (Lipinski definition) is 2. The van der Waals surface area contributed by atoms with Crippen LogP contribution >= 0.6 is 11.6 Å². The van der Waals surface area contributed by atoms with Crippen LogP contribution in [0.1, 0.15) is 31.7 Å². The third kappa shape index (κ3) is 5.87. The van der Waals surface area contributed by atoms with Crippen molar-refractivity contribution in [2.75, 3.05) is 44.7 Å². The van der Waals surface area contributed by atoms with Gasteiger partial charge >= 0.3 is 0 Å². The molecule has 1 atom stereocenters. The summed E-state index contributed by atoms with van der Waals surface area (Å²) in [6.45, 7) is 7.64. The van der Waals surface area contributed by atoms with Crippen molar-refractivity contribution in [3.8, 4) is 17.0 Å². The fraction of sp³-hybridized carbons (Fsp3) is 0.367. The van der Waals surface area contributed by atoms with Crippen molar-refractivity contribution in [3.05, 3.63) is 71.4 Å². The number of methoxy groups -OCH3 is 1. The molecule has 0 bridgehead atoms. The lowest BCUT2D eigenvalue weighted by molar-refractivity contribution is -0.133. The number of aromatic nitrogens is 3. The first-order valence-corrected chi connectivity index (χ1v) is 13.8. The summed E-state index contributed by atoms with van der Waals surface area (Å²) in [7, 11) is 1.62. The summed E-state index contributed by atoms with van der Waals surface area (Å²) in [5, 5.41) is 12.3. The molecule has 0 radical (unpaired) electrons. The third-order valence-corrected chi connectivity index (χ3v) is 7.52. The van der Waals surface area contributed by atoms with Crippen molar-refractivity contribution in [1.29, 1.82) is 0 Å². The third-order valence-electron chi connectivity index (χ3n) is 7.27. The molecule has 2 aromatic heterocycles. The molecular weight excluding hydrogens is 512 g/mol. The highest BCUT2D eigenvalue weighted by Crippen LogP contribution is 2.40. The minimum absolute atomic E-state index is 0.159. The van der Waals surface area contributed by atoms with Crippen LogP contribution in [-0.2, 0) is 4.79 Å². The number of aromatic amines is 1. The van der Waals surface area contributed by atoms with E-state index in [0.717, 1.165) is 40.7 Å². The van der Waals surface area contributed by atoms with Gasteiger partial charge in [0.05, 0.1) is 18.7 Å². The summed E-state index contributed by atoms with van der Waals surface area (Å²) in [6, 6.07) is 18.3. The van der Waals surface area contributed by atoms with Crippen molar-refractivity contribution in [2.45, 2.75) is 32.2 Å². The number of rotatable bonds is 9. The van der Waals surface area contributed by atoms with Crippen LogP contribution < -0.4 is 15.0 Å². The molecule has 3 heterocycles. The van der Waals surface area contributed by atoms with Gasteiger partial charge in [0.1, 0.15) is 5.39 Å². The number of carbonyl (C=O) groups is 1. The Morgan fingerprint density at radius 3 is 2.46 bits per heavy atom. The summed E-state index contributed by atoms with van der Waals surface area (Å²) in [5.41, 5.74) is 4.80. The molecule has 0 aliphatic carbocycles. The highest BCUT2D eigenvalue weighted by atomic mass is 35.5. The first kappa shape index (κ1) is 27.0. The largest absolute Gasteiger partial charge is 0.479 e. The number of halogens is 1.